The summed E-state index contributed by atoms with van der Waals surface area (Å²) in [6, 6.07) is 28.7. The Morgan fingerprint density at radius 3 is 2.08 bits per heavy atom. The van der Waals surface area contributed by atoms with Gasteiger partial charge in [-0.05, 0) is 53.6 Å². The number of rotatable bonds is 16. The minimum Gasteiger partial charge on any atom is -0.465 e. The molecule has 2 heterocycles. The van der Waals surface area contributed by atoms with E-state index in [2.05, 4.69) is 16.0 Å². The van der Waals surface area contributed by atoms with Gasteiger partial charge < -0.3 is 30.4 Å². The van der Waals surface area contributed by atoms with Gasteiger partial charge in [-0.25, -0.2) is 4.79 Å². The van der Waals surface area contributed by atoms with Crippen LogP contribution < -0.4 is 16.0 Å². The third kappa shape index (κ3) is 9.68. The number of hydrogen-bond acceptors (Lipinski definition) is 6. The maximum absolute atomic E-state index is 13.4. The highest BCUT2D eigenvalue weighted by Gasteiger charge is 2.34. The molecule has 11 nitrogen and oxygen atoms in total. The molecule has 0 saturated carbocycles. The highest BCUT2D eigenvalue weighted by molar-refractivity contribution is 5.96. The molecule has 4 amide bonds. The van der Waals surface area contributed by atoms with Crippen LogP contribution >= 0.6 is 0 Å². The molecule has 4 N–H and O–H groups in total. The minimum absolute atomic E-state index is 0.0306. The smallest absolute Gasteiger partial charge is 0.405 e. The van der Waals surface area contributed by atoms with Crippen LogP contribution in [-0.2, 0) is 27.3 Å². The maximum Gasteiger partial charge on any atom is 0.405 e. The van der Waals surface area contributed by atoms with Gasteiger partial charge in [0.1, 0.15) is 12.1 Å². The number of hydrogen-bond donors (Lipinski definition) is 4. The molecular formula is C39H42N4O7. The molecule has 260 valence electrons. The zero-order valence-corrected chi connectivity index (χ0v) is 27.8. The van der Waals surface area contributed by atoms with Crippen LogP contribution in [0, 0.1) is 0 Å². The summed E-state index contributed by atoms with van der Waals surface area (Å²) in [5.74, 6) is -1.23. The van der Waals surface area contributed by atoms with Crippen molar-refractivity contribution < 1.29 is 33.5 Å². The van der Waals surface area contributed by atoms with Crippen LogP contribution in [0.15, 0.2) is 108 Å². The number of nitrogens with one attached hydrogen (secondary N) is 3. The van der Waals surface area contributed by atoms with E-state index in [1.165, 1.54) is 11.2 Å². The minimum atomic E-state index is -1.30. The molecule has 11 heteroatoms. The molecule has 1 aromatic heterocycles. The molecule has 50 heavy (non-hydrogen) atoms. The summed E-state index contributed by atoms with van der Waals surface area (Å²) in [7, 11) is 0. The monoisotopic (exact) mass is 678 g/mol. The maximum atomic E-state index is 13.4. The molecule has 5 rings (SSSR count). The predicted molar refractivity (Wildman–Crippen MR) is 186 cm³/mol. The van der Waals surface area contributed by atoms with E-state index in [1.54, 1.807) is 12.1 Å². The van der Waals surface area contributed by atoms with E-state index in [1.807, 2.05) is 84.9 Å². The average molecular weight is 679 g/mol. The summed E-state index contributed by atoms with van der Waals surface area (Å²) in [5.41, 5.74) is 4.00. The Morgan fingerprint density at radius 2 is 1.44 bits per heavy atom. The molecule has 1 aliphatic heterocycles. The van der Waals surface area contributed by atoms with Crippen LogP contribution in [0.3, 0.4) is 0 Å². The Hall–Kier alpha value is -5.71. The summed E-state index contributed by atoms with van der Waals surface area (Å²) in [5, 5.41) is 17.6. The first-order valence-electron chi connectivity index (χ1n) is 16.9. The number of nitrogens with zero attached hydrogens (tertiary/aromatic N) is 1. The van der Waals surface area contributed by atoms with Gasteiger partial charge in [-0.15, -0.1) is 0 Å². The Labute approximate surface area is 291 Å². The normalized spacial score (nSPS) is 14.3. The first-order valence-corrected chi connectivity index (χ1v) is 16.9. The number of Topliss-reactive ketones (excluding diaryl/α,β-unsaturated/α-hetero) is 1. The molecule has 0 aliphatic carbocycles. The van der Waals surface area contributed by atoms with E-state index in [-0.39, 0.29) is 68.2 Å². The molecule has 0 radical (unpaired) electrons. The third-order valence-electron chi connectivity index (χ3n) is 8.95. The second-order valence-corrected chi connectivity index (χ2v) is 12.3. The summed E-state index contributed by atoms with van der Waals surface area (Å²) in [6.45, 7) is 0.827. The average Bonchev–Trinajstić information content (AvgIpc) is 3.69. The van der Waals surface area contributed by atoms with Crippen molar-refractivity contribution in [2.24, 2.45) is 0 Å². The lowest BCUT2D eigenvalue weighted by atomic mass is 9.91. The quantitative estimate of drug-likeness (QED) is 0.0952. The molecule has 1 aliphatic rings. The predicted octanol–water partition coefficient (Wildman–Crippen LogP) is 5.07. The fraction of sp³-hybridized carbons (Fsp3) is 0.308. The molecule has 0 spiro atoms. The van der Waals surface area contributed by atoms with E-state index in [0.717, 1.165) is 22.3 Å². The fourth-order valence-electron chi connectivity index (χ4n) is 6.29. The Bertz CT molecular complexity index is 1710. The number of ketones is 1. The van der Waals surface area contributed by atoms with Crippen molar-refractivity contribution in [3.8, 4) is 0 Å². The van der Waals surface area contributed by atoms with Crippen molar-refractivity contribution in [3.63, 3.8) is 0 Å². The van der Waals surface area contributed by atoms with Gasteiger partial charge in [-0.1, -0.05) is 84.9 Å². The van der Waals surface area contributed by atoms with Gasteiger partial charge in [0.15, 0.2) is 11.5 Å². The Balaban J connectivity index is 1.13. The number of carboxylic acid groups (broad SMARTS) is 1. The second-order valence-electron chi connectivity index (χ2n) is 12.3. The van der Waals surface area contributed by atoms with Crippen molar-refractivity contribution in [2.75, 3.05) is 13.1 Å². The lowest BCUT2D eigenvalue weighted by molar-refractivity contribution is -0.141. The number of carbonyl (C=O) groups is 5. The van der Waals surface area contributed by atoms with Gasteiger partial charge >= 0.3 is 6.09 Å². The van der Waals surface area contributed by atoms with Crippen molar-refractivity contribution in [3.05, 3.63) is 131 Å². The zero-order valence-electron chi connectivity index (χ0n) is 27.8. The van der Waals surface area contributed by atoms with Gasteiger partial charge in [0.05, 0.1) is 6.26 Å². The van der Waals surface area contributed by atoms with Crippen LogP contribution in [0.5, 0.6) is 0 Å². The van der Waals surface area contributed by atoms with Crippen molar-refractivity contribution in [1.29, 1.82) is 0 Å². The molecule has 4 aromatic rings. The lowest BCUT2D eigenvalue weighted by Gasteiger charge is -2.36. The number of fused-ring (bicyclic) bond motifs is 1. The largest absolute Gasteiger partial charge is 0.465 e. The highest BCUT2D eigenvalue weighted by Crippen LogP contribution is 2.26. The Kier molecular flexibility index (Phi) is 12.5. The summed E-state index contributed by atoms with van der Waals surface area (Å²) in [4.78, 5) is 65.5. The van der Waals surface area contributed by atoms with E-state index >= 15 is 0 Å². The molecule has 0 bridgehead atoms. The molecule has 0 fully saturated rings. The topological polar surface area (TPSA) is 158 Å². The highest BCUT2D eigenvalue weighted by atomic mass is 16.4. The van der Waals surface area contributed by atoms with Crippen LogP contribution in [0.1, 0.15) is 70.8 Å². The van der Waals surface area contributed by atoms with Crippen LogP contribution in [0.4, 0.5) is 4.79 Å². The molecule has 2 unspecified atom stereocenters. The van der Waals surface area contributed by atoms with Gasteiger partial charge in [0.25, 0.3) is 0 Å². The fourth-order valence-corrected chi connectivity index (χ4v) is 6.29. The number of amides is 4. The first kappa shape index (κ1) is 35.6. The van der Waals surface area contributed by atoms with E-state index in [0.29, 0.717) is 19.3 Å². The third-order valence-corrected chi connectivity index (χ3v) is 8.95. The molecular weight excluding hydrogens is 636 g/mol. The van der Waals surface area contributed by atoms with Crippen molar-refractivity contribution in [1.82, 2.24) is 20.9 Å². The van der Waals surface area contributed by atoms with Gasteiger partial charge in [-0.2, -0.15) is 0 Å². The van der Waals surface area contributed by atoms with Crippen LogP contribution in [-0.4, -0.2) is 64.8 Å². The number of unbranched alkanes of at least 4 members (excludes halogenated alkanes) is 1. The second kappa shape index (κ2) is 17.6. The molecule has 3 aromatic carbocycles. The van der Waals surface area contributed by atoms with Gasteiger partial charge in [-0.3, -0.25) is 19.2 Å². The van der Waals surface area contributed by atoms with Gasteiger partial charge in [0, 0.05) is 44.8 Å². The molecule has 0 saturated heterocycles. The van der Waals surface area contributed by atoms with Crippen molar-refractivity contribution >= 4 is 29.6 Å². The van der Waals surface area contributed by atoms with E-state index in [9.17, 15) is 29.1 Å². The van der Waals surface area contributed by atoms with Crippen LogP contribution in [0.25, 0.3) is 0 Å². The first-order chi connectivity index (χ1) is 24.3. The standard InChI is InChI=1S/C39H42N4O7/c44-34(35-19-11-23-50-35)20-21-36(45)43-26-30-17-8-7-16-29(30)24-33(43)38(47)40-22-10-9-18-32(42-39(48)49)37(46)41-25-31(27-12-3-1-4-13-27)28-14-5-2-6-15-28/h1-8,11-17,19,23,31-33,42H,9-10,18,20-22,24-26H2,(H,40,47)(H,41,46)(H,48,49). The summed E-state index contributed by atoms with van der Waals surface area (Å²) in [6.07, 6.45) is 1.56. The Morgan fingerprint density at radius 1 is 0.780 bits per heavy atom. The summed E-state index contributed by atoms with van der Waals surface area (Å²) >= 11 is 0. The molecule has 2 atom stereocenters. The van der Waals surface area contributed by atoms with E-state index < -0.39 is 24.1 Å². The number of furan rings is 1. The van der Waals surface area contributed by atoms with E-state index in [4.69, 9.17) is 4.42 Å². The SMILES string of the molecule is O=C(O)NC(CCCCNC(=O)C1Cc2ccccc2CN1C(=O)CCC(=O)c1ccco1)C(=O)NCC(c1ccccc1)c1ccccc1. The number of carbonyl (C=O) groups excluding carboxylic acids is 4. The zero-order chi connectivity index (χ0) is 35.3. The number of benzene rings is 3. The lowest BCUT2D eigenvalue weighted by Crippen LogP contribution is -2.52. The van der Waals surface area contributed by atoms with Gasteiger partial charge in [0.2, 0.25) is 17.7 Å². The summed E-state index contributed by atoms with van der Waals surface area (Å²) < 4.78 is 5.15. The van der Waals surface area contributed by atoms with Crippen LogP contribution in [0.2, 0.25) is 0 Å². The van der Waals surface area contributed by atoms with Crippen molar-refractivity contribution in [2.45, 2.75) is 63.1 Å².